The van der Waals surface area contributed by atoms with Crippen molar-refractivity contribution in [2.75, 3.05) is 0 Å². The highest BCUT2D eigenvalue weighted by molar-refractivity contribution is 7.99. The summed E-state index contributed by atoms with van der Waals surface area (Å²) in [6, 6.07) is 12.7. The Morgan fingerprint density at radius 2 is 1.79 bits per heavy atom. The highest BCUT2D eigenvalue weighted by atomic mass is 35.5. The molecule has 0 saturated heterocycles. The Hall–Kier alpha value is -1.52. The second-order valence-corrected chi connectivity index (χ2v) is 5.54. The van der Waals surface area contributed by atoms with Gasteiger partial charge in [-0.05, 0) is 36.8 Å². The molecule has 0 fully saturated rings. The summed E-state index contributed by atoms with van der Waals surface area (Å²) in [7, 11) is 0. The van der Waals surface area contributed by atoms with Crippen LogP contribution in [-0.2, 0) is 6.42 Å². The summed E-state index contributed by atoms with van der Waals surface area (Å²) in [6.07, 6.45) is 0.655. The molecule has 0 amide bonds. The van der Waals surface area contributed by atoms with Crippen molar-refractivity contribution in [2.45, 2.75) is 23.1 Å². The molecule has 0 saturated carbocycles. The first-order valence-electron chi connectivity index (χ1n) is 5.81. The predicted molar refractivity (Wildman–Crippen MR) is 78.0 cm³/mol. The summed E-state index contributed by atoms with van der Waals surface area (Å²) in [5, 5.41) is 11.7. The summed E-state index contributed by atoms with van der Waals surface area (Å²) < 4.78 is 0. The lowest BCUT2D eigenvalue weighted by Crippen LogP contribution is -1.94. The number of nitrogens with zero attached hydrogens (tertiary/aromatic N) is 1. The van der Waals surface area contributed by atoms with Crippen LogP contribution in [0.2, 0.25) is 5.02 Å². The van der Waals surface area contributed by atoms with Crippen LogP contribution in [-0.4, -0.2) is 4.92 Å². The van der Waals surface area contributed by atoms with Gasteiger partial charge in [-0.15, -0.1) is 0 Å². The van der Waals surface area contributed by atoms with E-state index in [1.807, 2.05) is 31.2 Å². The minimum absolute atomic E-state index is 0.182. The van der Waals surface area contributed by atoms with Crippen LogP contribution in [0.3, 0.4) is 0 Å². The molecule has 0 aliphatic heterocycles. The number of nitro benzene ring substituents is 1. The molecule has 98 valence electrons. The number of aryl methyl sites for hydroxylation is 1. The van der Waals surface area contributed by atoms with E-state index in [2.05, 4.69) is 0 Å². The van der Waals surface area contributed by atoms with Gasteiger partial charge in [0.2, 0.25) is 0 Å². The molecule has 0 aliphatic carbocycles. The van der Waals surface area contributed by atoms with Crippen molar-refractivity contribution in [3.63, 3.8) is 0 Å². The summed E-state index contributed by atoms with van der Waals surface area (Å²) >= 11 is 7.31. The first kappa shape index (κ1) is 13.9. The fraction of sp³-hybridized carbons (Fsp3) is 0.143. The average Bonchev–Trinajstić information content (AvgIpc) is 2.41. The maximum atomic E-state index is 11.0. The zero-order valence-electron chi connectivity index (χ0n) is 10.3. The highest BCUT2D eigenvalue weighted by Crippen LogP contribution is 2.32. The lowest BCUT2D eigenvalue weighted by Gasteiger charge is -2.04. The largest absolute Gasteiger partial charge is 0.273 e. The van der Waals surface area contributed by atoms with Crippen molar-refractivity contribution in [1.82, 2.24) is 0 Å². The number of benzene rings is 2. The molecule has 0 radical (unpaired) electrons. The normalized spacial score (nSPS) is 10.4. The summed E-state index contributed by atoms with van der Waals surface area (Å²) in [6.45, 7) is 1.91. The quantitative estimate of drug-likeness (QED) is 0.591. The minimum Gasteiger partial charge on any atom is -0.258 e. The fourth-order valence-electron chi connectivity index (χ4n) is 1.71. The maximum Gasteiger partial charge on any atom is 0.273 e. The molecular weight excluding hydrogens is 282 g/mol. The molecule has 0 aromatic heterocycles. The Bertz CT molecular complexity index is 599. The zero-order valence-corrected chi connectivity index (χ0v) is 11.9. The Kier molecular flexibility index (Phi) is 4.45. The standard InChI is InChI=1S/C14H12ClNO2S/c1-2-10-3-6-13(9-14(10)16(17)18)19-12-7-4-11(15)5-8-12/h3-9H,2H2,1H3. The summed E-state index contributed by atoms with van der Waals surface area (Å²) in [5.74, 6) is 0. The maximum absolute atomic E-state index is 11.0. The molecule has 19 heavy (non-hydrogen) atoms. The van der Waals surface area contributed by atoms with Crippen LogP contribution in [0.25, 0.3) is 0 Å². The van der Waals surface area contributed by atoms with Crippen molar-refractivity contribution in [2.24, 2.45) is 0 Å². The topological polar surface area (TPSA) is 43.1 Å². The molecule has 0 unspecified atom stereocenters. The minimum atomic E-state index is -0.329. The molecule has 0 N–H and O–H groups in total. The lowest BCUT2D eigenvalue weighted by molar-refractivity contribution is -0.385. The van der Waals surface area contributed by atoms with Crippen LogP contribution in [0.1, 0.15) is 12.5 Å². The van der Waals surface area contributed by atoms with Gasteiger partial charge in [0.15, 0.2) is 0 Å². The van der Waals surface area contributed by atoms with E-state index >= 15 is 0 Å². The molecule has 0 heterocycles. The molecule has 2 aromatic carbocycles. The molecule has 0 atom stereocenters. The number of hydrogen-bond acceptors (Lipinski definition) is 3. The van der Waals surface area contributed by atoms with Crippen LogP contribution in [0, 0.1) is 10.1 Å². The molecule has 3 nitrogen and oxygen atoms in total. The van der Waals surface area contributed by atoms with Gasteiger partial charge in [-0.3, -0.25) is 10.1 Å². The van der Waals surface area contributed by atoms with E-state index in [1.165, 1.54) is 11.8 Å². The van der Waals surface area contributed by atoms with Gasteiger partial charge >= 0.3 is 0 Å². The van der Waals surface area contributed by atoms with E-state index < -0.39 is 0 Å². The SMILES string of the molecule is CCc1ccc(Sc2ccc(Cl)cc2)cc1[N+](=O)[O-]. The molecule has 0 spiro atoms. The lowest BCUT2D eigenvalue weighted by atomic mass is 10.1. The van der Waals surface area contributed by atoms with Gasteiger partial charge in [0.25, 0.3) is 5.69 Å². The molecule has 5 heteroatoms. The van der Waals surface area contributed by atoms with E-state index in [1.54, 1.807) is 18.2 Å². The van der Waals surface area contributed by atoms with Gasteiger partial charge in [0, 0.05) is 26.4 Å². The third kappa shape index (κ3) is 3.49. The van der Waals surface area contributed by atoms with E-state index in [-0.39, 0.29) is 10.6 Å². The van der Waals surface area contributed by atoms with Crippen LogP contribution >= 0.6 is 23.4 Å². The summed E-state index contributed by atoms with van der Waals surface area (Å²) in [4.78, 5) is 12.5. The second kappa shape index (κ2) is 6.08. The number of halogens is 1. The third-order valence-corrected chi connectivity index (χ3v) is 3.93. The number of nitro groups is 1. The third-order valence-electron chi connectivity index (χ3n) is 2.68. The molecule has 0 bridgehead atoms. The van der Waals surface area contributed by atoms with E-state index in [0.717, 1.165) is 15.4 Å². The molecule has 0 aliphatic rings. The summed E-state index contributed by atoms with van der Waals surface area (Å²) in [5.41, 5.74) is 0.937. The molecule has 2 rings (SSSR count). The molecule has 2 aromatic rings. The first-order valence-corrected chi connectivity index (χ1v) is 7.00. The van der Waals surface area contributed by atoms with Crippen molar-refractivity contribution in [3.8, 4) is 0 Å². The Morgan fingerprint density at radius 1 is 1.16 bits per heavy atom. The monoisotopic (exact) mass is 293 g/mol. The molecular formula is C14H12ClNO2S. The van der Waals surface area contributed by atoms with Crippen molar-refractivity contribution in [1.29, 1.82) is 0 Å². The highest BCUT2D eigenvalue weighted by Gasteiger charge is 2.13. The average molecular weight is 294 g/mol. The predicted octanol–water partition coefficient (Wildman–Crippen LogP) is 4.96. The van der Waals surface area contributed by atoms with Crippen LogP contribution in [0.15, 0.2) is 52.3 Å². The van der Waals surface area contributed by atoms with Crippen LogP contribution in [0.5, 0.6) is 0 Å². The second-order valence-electron chi connectivity index (χ2n) is 3.96. The van der Waals surface area contributed by atoms with Crippen molar-refractivity contribution >= 4 is 29.1 Å². The van der Waals surface area contributed by atoms with Crippen molar-refractivity contribution < 1.29 is 4.92 Å². The Labute approximate surface area is 120 Å². The fourth-order valence-corrected chi connectivity index (χ4v) is 2.69. The number of hydrogen-bond donors (Lipinski definition) is 0. The van der Waals surface area contributed by atoms with E-state index in [4.69, 9.17) is 11.6 Å². The van der Waals surface area contributed by atoms with E-state index in [9.17, 15) is 10.1 Å². The number of rotatable bonds is 4. The van der Waals surface area contributed by atoms with E-state index in [0.29, 0.717) is 11.4 Å². The van der Waals surface area contributed by atoms with Gasteiger partial charge in [0.05, 0.1) is 4.92 Å². The van der Waals surface area contributed by atoms with Gasteiger partial charge in [-0.25, -0.2) is 0 Å². The van der Waals surface area contributed by atoms with Crippen molar-refractivity contribution in [3.05, 3.63) is 63.2 Å². The van der Waals surface area contributed by atoms with Crippen LogP contribution < -0.4 is 0 Å². The Balaban J connectivity index is 2.28. The zero-order chi connectivity index (χ0) is 13.8. The Morgan fingerprint density at radius 3 is 2.37 bits per heavy atom. The van der Waals surface area contributed by atoms with Gasteiger partial charge in [-0.1, -0.05) is 36.4 Å². The first-order chi connectivity index (χ1) is 9.10. The van der Waals surface area contributed by atoms with Gasteiger partial charge in [-0.2, -0.15) is 0 Å². The van der Waals surface area contributed by atoms with Crippen LogP contribution in [0.4, 0.5) is 5.69 Å². The van der Waals surface area contributed by atoms with Gasteiger partial charge < -0.3 is 0 Å². The smallest absolute Gasteiger partial charge is 0.258 e. The van der Waals surface area contributed by atoms with Gasteiger partial charge in [0.1, 0.15) is 0 Å².